The van der Waals surface area contributed by atoms with Gasteiger partial charge in [0.2, 0.25) is 0 Å². The van der Waals surface area contributed by atoms with Gasteiger partial charge in [0.05, 0.1) is 13.2 Å². The molecule has 1 aromatic rings. The fraction of sp³-hybridized carbons (Fsp3) is 0.654. The number of piperidine rings is 2. The number of esters is 1. The van der Waals surface area contributed by atoms with Gasteiger partial charge in [-0.1, -0.05) is 13.0 Å². The predicted molar refractivity (Wildman–Crippen MR) is 121 cm³/mol. The third kappa shape index (κ3) is 3.43. The quantitative estimate of drug-likeness (QED) is 0.549. The monoisotopic (exact) mass is 441 g/mol. The van der Waals surface area contributed by atoms with Gasteiger partial charge in [0.25, 0.3) is 0 Å². The minimum Gasteiger partial charge on any atom is -0.504 e. The van der Waals surface area contributed by atoms with Crippen LogP contribution in [0.2, 0.25) is 0 Å². The first-order valence-electron chi connectivity index (χ1n) is 12.1. The fourth-order valence-electron chi connectivity index (χ4n) is 7.61. The van der Waals surface area contributed by atoms with E-state index in [2.05, 4.69) is 11.8 Å². The van der Waals surface area contributed by atoms with Crippen molar-refractivity contribution in [2.24, 2.45) is 23.7 Å². The highest BCUT2D eigenvalue weighted by Gasteiger charge is 2.65. The van der Waals surface area contributed by atoms with Crippen LogP contribution in [0.15, 0.2) is 24.3 Å². The van der Waals surface area contributed by atoms with Crippen LogP contribution in [-0.2, 0) is 9.53 Å². The summed E-state index contributed by atoms with van der Waals surface area (Å²) < 4.78 is 11.2. The van der Waals surface area contributed by atoms with Crippen LogP contribution < -0.4 is 4.74 Å². The Balaban J connectivity index is 1.37. The van der Waals surface area contributed by atoms with Crippen molar-refractivity contribution in [2.45, 2.75) is 63.2 Å². The summed E-state index contributed by atoms with van der Waals surface area (Å²) in [5.74, 6) is 1.45. The van der Waals surface area contributed by atoms with E-state index in [4.69, 9.17) is 9.47 Å². The number of benzene rings is 1. The molecule has 2 saturated carbocycles. The number of phenols is 1. The molecule has 174 valence electrons. The second-order valence-corrected chi connectivity index (χ2v) is 10.3. The number of aliphatic hydroxyl groups excluding tert-OH is 1. The first kappa shape index (κ1) is 21.8. The fourth-order valence-corrected chi connectivity index (χ4v) is 7.61. The van der Waals surface area contributed by atoms with Crippen molar-refractivity contribution in [3.63, 3.8) is 0 Å². The van der Waals surface area contributed by atoms with Gasteiger partial charge in [-0.2, -0.15) is 0 Å². The number of aromatic hydroxyl groups is 1. The smallest absolute Gasteiger partial charge is 0.331 e. The van der Waals surface area contributed by atoms with Gasteiger partial charge in [-0.3, -0.25) is 4.90 Å². The summed E-state index contributed by atoms with van der Waals surface area (Å²) in [5.41, 5.74) is 0.841. The van der Waals surface area contributed by atoms with Crippen molar-refractivity contribution in [2.75, 3.05) is 20.2 Å². The summed E-state index contributed by atoms with van der Waals surface area (Å²) in [7, 11) is 1.50. The molecule has 2 N–H and O–H groups in total. The Hall–Kier alpha value is -2.05. The summed E-state index contributed by atoms with van der Waals surface area (Å²) in [6, 6.07) is 4.97. The number of nitrogens with zero attached hydrogens (tertiary/aromatic N) is 1. The molecule has 7 unspecified atom stereocenters. The van der Waals surface area contributed by atoms with E-state index in [1.807, 2.05) is 0 Å². The minimum absolute atomic E-state index is 0.0666. The Morgan fingerprint density at radius 3 is 2.72 bits per heavy atom. The highest BCUT2D eigenvalue weighted by molar-refractivity contribution is 5.87. The van der Waals surface area contributed by atoms with Crippen molar-refractivity contribution in [3.8, 4) is 11.5 Å². The van der Waals surface area contributed by atoms with Crippen LogP contribution in [0.1, 0.15) is 51.0 Å². The standard InChI is InChI=1S/C26H35NO5/c1-16-15-26-19-5-3-11-27(26)12-4-6-20(26)22(14-18(19)25(16)30)32-24(29)10-8-17-7-9-21(28)23(13-17)31-2/h7-10,13,16,18-20,22,25,28,30H,3-6,11-12,14-15H2,1-2H3. The van der Waals surface area contributed by atoms with E-state index in [1.54, 1.807) is 24.3 Å². The number of phenolic OH excluding ortho intramolecular Hbond substituents is 1. The zero-order valence-corrected chi connectivity index (χ0v) is 19.1. The molecule has 5 rings (SSSR count). The van der Waals surface area contributed by atoms with E-state index in [1.165, 1.54) is 26.0 Å². The van der Waals surface area contributed by atoms with E-state index >= 15 is 0 Å². The first-order chi connectivity index (χ1) is 15.4. The maximum Gasteiger partial charge on any atom is 0.331 e. The van der Waals surface area contributed by atoms with Crippen molar-refractivity contribution in [3.05, 3.63) is 29.8 Å². The Labute approximate surface area is 190 Å². The number of carbonyl (C=O) groups is 1. The summed E-state index contributed by atoms with van der Waals surface area (Å²) in [6.45, 7) is 4.46. The zero-order valence-electron chi connectivity index (χ0n) is 19.1. The molecule has 6 heteroatoms. The van der Waals surface area contributed by atoms with Crippen LogP contribution in [0.3, 0.4) is 0 Å². The molecule has 2 aliphatic carbocycles. The number of rotatable bonds is 4. The van der Waals surface area contributed by atoms with Crippen LogP contribution >= 0.6 is 0 Å². The lowest BCUT2D eigenvalue weighted by Crippen LogP contribution is -2.74. The molecule has 0 radical (unpaired) electrons. The minimum atomic E-state index is -0.342. The summed E-state index contributed by atoms with van der Waals surface area (Å²) in [5, 5.41) is 20.8. The van der Waals surface area contributed by atoms with E-state index < -0.39 is 0 Å². The lowest BCUT2D eigenvalue weighted by atomic mass is 9.47. The number of methoxy groups -OCH3 is 1. The van der Waals surface area contributed by atoms with Gasteiger partial charge in [-0.15, -0.1) is 0 Å². The Bertz CT molecular complexity index is 898. The topological polar surface area (TPSA) is 79.2 Å². The maximum absolute atomic E-state index is 12.8. The molecule has 2 aliphatic heterocycles. The van der Waals surface area contributed by atoms with Crippen LogP contribution in [0.25, 0.3) is 6.08 Å². The highest BCUT2D eigenvalue weighted by atomic mass is 16.5. The predicted octanol–water partition coefficient (Wildman–Crippen LogP) is 3.61. The van der Waals surface area contributed by atoms with Crippen LogP contribution in [0.5, 0.6) is 11.5 Å². The molecule has 0 aromatic heterocycles. The normalized spacial score (nSPS) is 38.8. The number of carbonyl (C=O) groups excluding carboxylic acids is 1. The van der Waals surface area contributed by atoms with E-state index in [0.29, 0.717) is 23.5 Å². The maximum atomic E-state index is 12.8. The summed E-state index contributed by atoms with van der Waals surface area (Å²) >= 11 is 0. The van der Waals surface area contributed by atoms with Crippen molar-refractivity contribution in [1.82, 2.24) is 4.90 Å². The van der Waals surface area contributed by atoms with Gasteiger partial charge < -0.3 is 19.7 Å². The SMILES string of the molecule is COc1cc(C=CC(=O)OC2CC3C(O)C(C)CC45C2CCCN4CCCC35)ccc1O. The molecule has 1 aromatic carbocycles. The number of aliphatic hydroxyl groups is 1. The second-order valence-electron chi connectivity index (χ2n) is 10.3. The van der Waals surface area contributed by atoms with Crippen LogP contribution in [-0.4, -0.2) is 59.0 Å². The Morgan fingerprint density at radius 2 is 1.97 bits per heavy atom. The Kier molecular flexibility index (Phi) is 5.70. The van der Waals surface area contributed by atoms with Crippen molar-refractivity contribution < 1.29 is 24.5 Å². The molecule has 2 saturated heterocycles. The van der Waals surface area contributed by atoms with Crippen molar-refractivity contribution >= 4 is 12.0 Å². The van der Waals surface area contributed by atoms with Gasteiger partial charge >= 0.3 is 5.97 Å². The molecule has 2 heterocycles. The third-order valence-electron chi connectivity index (χ3n) is 8.78. The lowest BCUT2D eigenvalue weighted by Gasteiger charge is -2.68. The van der Waals surface area contributed by atoms with Crippen LogP contribution in [0.4, 0.5) is 0 Å². The van der Waals surface area contributed by atoms with Gasteiger partial charge in [-0.25, -0.2) is 4.79 Å². The van der Waals surface area contributed by atoms with Crippen LogP contribution in [0, 0.1) is 23.7 Å². The molecule has 6 nitrogen and oxygen atoms in total. The van der Waals surface area contributed by atoms with E-state index in [0.717, 1.165) is 44.3 Å². The molecule has 7 atom stereocenters. The number of hydrogen-bond donors (Lipinski definition) is 2. The zero-order chi connectivity index (χ0) is 22.5. The summed E-state index contributed by atoms with van der Waals surface area (Å²) in [4.78, 5) is 15.5. The number of ether oxygens (including phenoxy) is 2. The van der Waals surface area contributed by atoms with E-state index in [-0.39, 0.29) is 35.4 Å². The molecule has 2 bridgehead atoms. The second kappa shape index (κ2) is 8.38. The molecular formula is C26H35NO5. The lowest BCUT2D eigenvalue weighted by molar-refractivity contribution is -0.228. The van der Waals surface area contributed by atoms with Gasteiger partial charge in [0, 0.05) is 17.5 Å². The van der Waals surface area contributed by atoms with Crippen molar-refractivity contribution in [1.29, 1.82) is 0 Å². The van der Waals surface area contributed by atoms with Gasteiger partial charge in [-0.05, 0) is 93.1 Å². The largest absolute Gasteiger partial charge is 0.504 e. The molecule has 4 fully saturated rings. The first-order valence-corrected chi connectivity index (χ1v) is 12.1. The molecular weight excluding hydrogens is 406 g/mol. The summed E-state index contributed by atoms with van der Waals surface area (Å²) in [6.07, 6.45) is 9.12. The van der Waals surface area contributed by atoms with Gasteiger partial charge in [0.1, 0.15) is 6.10 Å². The molecule has 1 spiro atoms. The molecule has 0 amide bonds. The third-order valence-corrected chi connectivity index (χ3v) is 8.78. The Morgan fingerprint density at radius 1 is 1.22 bits per heavy atom. The average Bonchev–Trinajstić information content (AvgIpc) is 2.79. The highest BCUT2D eigenvalue weighted by Crippen LogP contribution is 2.60. The van der Waals surface area contributed by atoms with E-state index in [9.17, 15) is 15.0 Å². The average molecular weight is 442 g/mol. The molecule has 32 heavy (non-hydrogen) atoms. The van der Waals surface area contributed by atoms with Gasteiger partial charge in [0.15, 0.2) is 11.5 Å². The molecule has 4 aliphatic rings. The number of hydrogen-bond acceptors (Lipinski definition) is 6.